The Balaban J connectivity index is 3.04. The van der Waals surface area contributed by atoms with Crippen LogP contribution in [0.4, 0.5) is 5.82 Å². The van der Waals surface area contributed by atoms with Crippen LogP contribution in [0.15, 0.2) is 17.2 Å². The maximum atomic E-state index is 12.6. The summed E-state index contributed by atoms with van der Waals surface area (Å²) in [6.45, 7) is 7.71. The number of hydrogen-bond acceptors (Lipinski definition) is 4. The Kier molecular flexibility index (Phi) is 7.42. The van der Waals surface area contributed by atoms with Crippen LogP contribution in [0.2, 0.25) is 5.02 Å². The predicted octanol–water partition coefficient (Wildman–Crippen LogP) is 3.37. The second-order valence-corrected chi connectivity index (χ2v) is 7.18. The van der Waals surface area contributed by atoms with Gasteiger partial charge in [-0.05, 0) is 25.3 Å². The molecule has 0 spiro atoms. The van der Waals surface area contributed by atoms with Crippen molar-refractivity contribution in [3.05, 3.63) is 17.3 Å². The van der Waals surface area contributed by atoms with Crippen LogP contribution in [0.3, 0.4) is 0 Å². The van der Waals surface area contributed by atoms with Gasteiger partial charge in [0.05, 0.1) is 5.02 Å². The molecule has 1 rings (SSSR count). The molecule has 0 saturated heterocycles. The van der Waals surface area contributed by atoms with E-state index in [0.717, 1.165) is 25.8 Å². The number of sulfonamides is 1. The summed E-state index contributed by atoms with van der Waals surface area (Å²) in [5.41, 5.74) is 0. The average Bonchev–Trinajstić information content (AvgIpc) is 2.45. The highest BCUT2D eigenvalue weighted by Gasteiger charge is 2.24. The van der Waals surface area contributed by atoms with E-state index in [1.165, 1.54) is 16.6 Å². The molecular weight excluding hydrogens is 310 g/mol. The Hall–Kier alpha value is -0.850. The van der Waals surface area contributed by atoms with Crippen molar-refractivity contribution in [2.45, 2.75) is 44.9 Å². The first-order valence-electron chi connectivity index (χ1n) is 7.36. The van der Waals surface area contributed by atoms with Gasteiger partial charge in [-0.3, -0.25) is 0 Å². The van der Waals surface area contributed by atoms with Crippen molar-refractivity contribution in [2.75, 3.05) is 25.0 Å². The van der Waals surface area contributed by atoms with Gasteiger partial charge in [-0.2, -0.15) is 4.31 Å². The molecule has 21 heavy (non-hydrogen) atoms. The van der Waals surface area contributed by atoms with E-state index in [-0.39, 0.29) is 4.90 Å². The first kappa shape index (κ1) is 18.2. The second kappa shape index (κ2) is 8.56. The summed E-state index contributed by atoms with van der Waals surface area (Å²) in [6, 6.07) is 1.47. The van der Waals surface area contributed by atoms with Gasteiger partial charge >= 0.3 is 0 Å². The molecule has 0 saturated carbocycles. The van der Waals surface area contributed by atoms with Crippen molar-refractivity contribution in [1.82, 2.24) is 9.29 Å². The highest BCUT2D eigenvalue weighted by molar-refractivity contribution is 7.89. The van der Waals surface area contributed by atoms with Gasteiger partial charge in [0.25, 0.3) is 0 Å². The molecule has 0 unspecified atom stereocenters. The van der Waals surface area contributed by atoms with Gasteiger partial charge in [0.15, 0.2) is 0 Å². The number of pyridine rings is 1. The summed E-state index contributed by atoms with van der Waals surface area (Å²) in [4.78, 5) is 4.29. The van der Waals surface area contributed by atoms with Gasteiger partial charge in [-0.15, -0.1) is 0 Å². The standard InChI is InChI=1S/C14H24ClN3O2S/c1-4-7-16-14-13(15)10-12(11-17-14)21(19,20)18(8-5-2)9-6-3/h10-11H,4-9H2,1-3H3,(H,16,17). The van der Waals surface area contributed by atoms with Gasteiger partial charge in [0.1, 0.15) is 10.7 Å². The molecular formula is C14H24ClN3O2S. The Labute approximate surface area is 132 Å². The third kappa shape index (κ3) is 4.83. The Morgan fingerprint density at radius 1 is 1.19 bits per heavy atom. The molecule has 1 heterocycles. The summed E-state index contributed by atoms with van der Waals surface area (Å²) >= 11 is 6.12. The van der Waals surface area contributed by atoms with Crippen LogP contribution in [0.1, 0.15) is 40.0 Å². The lowest BCUT2D eigenvalue weighted by atomic mass is 10.4. The number of rotatable bonds is 9. The molecule has 0 radical (unpaired) electrons. The van der Waals surface area contributed by atoms with Gasteiger partial charge < -0.3 is 5.32 Å². The topological polar surface area (TPSA) is 62.3 Å². The highest BCUT2D eigenvalue weighted by Crippen LogP contribution is 2.24. The molecule has 0 aliphatic rings. The van der Waals surface area contributed by atoms with E-state index >= 15 is 0 Å². The lowest BCUT2D eigenvalue weighted by Crippen LogP contribution is -2.32. The van der Waals surface area contributed by atoms with Crippen LogP contribution in [0, 0.1) is 0 Å². The minimum absolute atomic E-state index is 0.149. The first-order chi connectivity index (χ1) is 9.97. The van der Waals surface area contributed by atoms with E-state index in [0.29, 0.717) is 23.9 Å². The molecule has 120 valence electrons. The van der Waals surface area contributed by atoms with Crippen molar-refractivity contribution in [3.63, 3.8) is 0 Å². The van der Waals surface area contributed by atoms with Gasteiger partial charge in [-0.1, -0.05) is 32.4 Å². The summed E-state index contributed by atoms with van der Waals surface area (Å²) in [5.74, 6) is 0.523. The number of aromatic nitrogens is 1. The molecule has 0 aliphatic heterocycles. The largest absolute Gasteiger partial charge is 0.369 e. The van der Waals surface area contributed by atoms with E-state index in [9.17, 15) is 8.42 Å². The van der Waals surface area contributed by atoms with Crippen LogP contribution in [0.5, 0.6) is 0 Å². The van der Waals surface area contributed by atoms with Crippen LogP contribution >= 0.6 is 11.6 Å². The minimum atomic E-state index is -3.53. The van der Waals surface area contributed by atoms with Crippen LogP contribution < -0.4 is 5.32 Å². The van der Waals surface area contributed by atoms with Crippen molar-refractivity contribution in [3.8, 4) is 0 Å². The smallest absolute Gasteiger partial charge is 0.244 e. The molecule has 0 fully saturated rings. The minimum Gasteiger partial charge on any atom is -0.369 e. The molecule has 0 atom stereocenters. The van der Waals surface area contributed by atoms with Crippen LogP contribution in [-0.4, -0.2) is 37.3 Å². The summed E-state index contributed by atoms with van der Waals surface area (Å²) < 4.78 is 26.7. The average molecular weight is 334 g/mol. The zero-order valence-electron chi connectivity index (χ0n) is 12.9. The van der Waals surface area contributed by atoms with E-state index in [1.54, 1.807) is 0 Å². The lowest BCUT2D eigenvalue weighted by molar-refractivity contribution is 0.410. The fourth-order valence-electron chi connectivity index (χ4n) is 1.93. The molecule has 7 heteroatoms. The Bertz CT molecular complexity index is 543. The molecule has 0 aromatic carbocycles. The van der Waals surface area contributed by atoms with Gasteiger partial charge in [-0.25, -0.2) is 13.4 Å². The fourth-order valence-corrected chi connectivity index (χ4v) is 3.83. The van der Waals surface area contributed by atoms with Crippen molar-refractivity contribution >= 4 is 27.4 Å². The quantitative estimate of drug-likeness (QED) is 0.752. The van der Waals surface area contributed by atoms with Gasteiger partial charge in [0, 0.05) is 25.8 Å². The van der Waals surface area contributed by atoms with Crippen molar-refractivity contribution in [1.29, 1.82) is 0 Å². The van der Waals surface area contributed by atoms with E-state index < -0.39 is 10.0 Å². The summed E-state index contributed by atoms with van der Waals surface area (Å²) in [6.07, 6.45) is 3.86. The highest BCUT2D eigenvalue weighted by atomic mass is 35.5. The number of anilines is 1. The number of nitrogens with one attached hydrogen (secondary N) is 1. The second-order valence-electron chi connectivity index (χ2n) is 4.83. The van der Waals surface area contributed by atoms with E-state index in [2.05, 4.69) is 10.3 Å². The fraction of sp³-hybridized carbons (Fsp3) is 0.643. The molecule has 0 bridgehead atoms. The van der Waals surface area contributed by atoms with Crippen molar-refractivity contribution < 1.29 is 8.42 Å². The van der Waals surface area contributed by atoms with Crippen LogP contribution in [-0.2, 0) is 10.0 Å². The number of halogens is 1. The number of nitrogens with zero attached hydrogens (tertiary/aromatic N) is 2. The maximum absolute atomic E-state index is 12.6. The maximum Gasteiger partial charge on any atom is 0.244 e. The monoisotopic (exact) mass is 333 g/mol. The normalized spacial score (nSPS) is 11.9. The van der Waals surface area contributed by atoms with E-state index in [1.807, 2.05) is 20.8 Å². The lowest BCUT2D eigenvalue weighted by Gasteiger charge is -2.21. The molecule has 1 aromatic heterocycles. The third-order valence-corrected chi connectivity index (χ3v) is 5.09. The molecule has 5 nitrogen and oxygen atoms in total. The zero-order chi connectivity index (χ0) is 15.9. The summed E-state index contributed by atoms with van der Waals surface area (Å²) in [7, 11) is -3.53. The molecule has 1 N–H and O–H groups in total. The van der Waals surface area contributed by atoms with Gasteiger partial charge in [0.2, 0.25) is 10.0 Å². The van der Waals surface area contributed by atoms with Crippen LogP contribution in [0.25, 0.3) is 0 Å². The Morgan fingerprint density at radius 3 is 2.29 bits per heavy atom. The SMILES string of the molecule is CCCNc1ncc(S(=O)(=O)N(CCC)CCC)cc1Cl. The molecule has 0 amide bonds. The summed E-state index contributed by atoms with van der Waals surface area (Å²) in [5, 5.41) is 3.40. The van der Waals surface area contributed by atoms with E-state index in [4.69, 9.17) is 11.6 Å². The Morgan fingerprint density at radius 2 is 1.81 bits per heavy atom. The third-order valence-electron chi connectivity index (χ3n) is 2.94. The molecule has 1 aromatic rings. The zero-order valence-corrected chi connectivity index (χ0v) is 14.5. The molecule has 0 aliphatic carbocycles. The number of hydrogen-bond donors (Lipinski definition) is 1. The predicted molar refractivity (Wildman–Crippen MR) is 87.4 cm³/mol. The first-order valence-corrected chi connectivity index (χ1v) is 9.18. The van der Waals surface area contributed by atoms with Crippen molar-refractivity contribution in [2.24, 2.45) is 0 Å².